The van der Waals surface area contributed by atoms with Crippen LogP contribution in [0.25, 0.3) is 10.8 Å². The molecule has 0 spiro atoms. The first-order valence-electron chi connectivity index (χ1n) is 10.8. The molecule has 0 saturated heterocycles. The topological polar surface area (TPSA) is 39.4 Å². The molecular formula is C25H31FO3. The Morgan fingerprint density at radius 1 is 1.17 bits per heavy atom. The van der Waals surface area contributed by atoms with Gasteiger partial charge in [0.1, 0.15) is 11.1 Å². The van der Waals surface area contributed by atoms with Gasteiger partial charge in [0.15, 0.2) is 11.6 Å². The van der Waals surface area contributed by atoms with Crippen LogP contribution in [0.2, 0.25) is 0 Å². The lowest BCUT2D eigenvalue weighted by atomic mass is 9.79. The molecule has 4 heteroatoms. The Balaban J connectivity index is 1.62. The molecule has 1 saturated carbocycles. The Kier molecular flexibility index (Phi) is 7.68. The molecule has 0 unspecified atom stereocenters. The Labute approximate surface area is 172 Å². The van der Waals surface area contributed by atoms with Gasteiger partial charge in [-0.15, -0.1) is 6.58 Å². The summed E-state index contributed by atoms with van der Waals surface area (Å²) >= 11 is 0. The van der Waals surface area contributed by atoms with Crippen molar-refractivity contribution in [3.8, 4) is 5.75 Å². The summed E-state index contributed by atoms with van der Waals surface area (Å²) < 4.78 is 25.4. The van der Waals surface area contributed by atoms with Crippen LogP contribution in [0.3, 0.4) is 0 Å². The Bertz CT molecular complexity index is 904. The third-order valence-electron chi connectivity index (χ3n) is 5.85. The number of benzene rings is 1. The monoisotopic (exact) mass is 398 g/mol. The molecule has 29 heavy (non-hydrogen) atoms. The van der Waals surface area contributed by atoms with Gasteiger partial charge < -0.3 is 9.15 Å². The van der Waals surface area contributed by atoms with Crippen LogP contribution in [-0.4, -0.2) is 6.61 Å². The van der Waals surface area contributed by atoms with Crippen LogP contribution in [0, 0.1) is 11.7 Å². The average molecular weight is 399 g/mol. The third-order valence-corrected chi connectivity index (χ3v) is 5.85. The number of allylic oxidation sites excluding steroid dienone is 3. The van der Waals surface area contributed by atoms with Crippen LogP contribution >= 0.6 is 0 Å². The molecule has 0 atom stereocenters. The van der Waals surface area contributed by atoms with Crippen molar-refractivity contribution in [2.45, 2.75) is 64.2 Å². The van der Waals surface area contributed by atoms with Gasteiger partial charge in [-0.05, 0) is 81.7 Å². The molecule has 156 valence electrons. The van der Waals surface area contributed by atoms with E-state index >= 15 is 0 Å². The summed E-state index contributed by atoms with van der Waals surface area (Å²) in [5.74, 6) is 1.12. The molecule has 1 aliphatic carbocycles. The van der Waals surface area contributed by atoms with Crippen molar-refractivity contribution < 1.29 is 13.5 Å². The van der Waals surface area contributed by atoms with Crippen LogP contribution in [0.1, 0.15) is 70.0 Å². The second-order valence-electron chi connectivity index (χ2n) is 7.84. The maximum absolute atomic E-state index is 14.6. The zero-order valence-corrected chi connectivity index (χ0v) is 17.3. The van der Waals surface area contributed by atoms with Crippen LogP contribution in [0.15, 0.2) is 52.2 Å². The normalized spacial score (nSPS) is 19.7. The van der Waals surface area contributed by atoms with E-state index in [1.807, 2.05) is 12.1 Å². The summed E-state index contributed by atoms with van der Waals surface area (Å²) in [4.78, 5) is 12.5. The molecule has 1 fully saturated rings. The maximum atomic E-state index is 14.6. The zero-order valence-electron chi connectivity index (χ0n) is 17.3. The first-order chi connectivity index (χ1) is 14.1. The second-order valence-corrected chi connectivity index (χ2v) is 7.84. The van der Waals surface area contributed by atoms with Gasteiger partial charge in [0.25, 0.3) is 0 Å². The lowest BCUT2D eigenvalue weighted by molar-refractivity contribution is 0.282. The third kappa shape index (κ3) is 5.37. The van der Waals surface area contributed by atoms with E-state index in [9.17, 15) is 9.18 Å². The smallest absolute Gasteiger partial charge is 0.346 e. The highest BCUT2D eigenvalue weighted by Gasteiger charge is 2.25. The molecule has 1 heterocycles. The average Bonchev–Trinajstić information content (AvgIpc) is 2.73. The van der Waals surface area contributed by atoms with Gasteiger partial charge in [0, 0.05) is 5.92 Å². The largest absolute Gasteiger partial charge is 0.491 e. The van der Waals surface area contributed by atoms with E-state index in [1.165, 1.54) is 6.42 Å². The predicted octanol–water partition coefficient (Wildman–Crippen LogP) is 6.91. The minimum absolute atomic E-state index is 0.0170. The number of fused-ring (bicyclic) bond motifs is 1. The quantitative estimate of drug-likeness (QED) is 0.340. The molecule has 0 bridgehead atoms. The van der Waals surface area contributed by atoms with Gasteiger partial charge in [-0.3, -0.25) is 0 Å². The summed E-state index contributed by atoms with van der Waals surface area (Å²) in [5.41, 5.74) is -0.608. The van der Waals surface area contributed by atoms with Gasteiger partial charge in [-0.2, -0.15) is 0 Å². The van der Waals surface area contributed by atoms with Crippen molar-refractivity contribution in [2.75, 3.05) is 6.61 Å². The van der Waals surface area contributed by atoms with Gasteiger partial charge in [0.05, 0.1) is 6.61 Å². The fraction of sp³-hybridized carbons (Fsp3) is 0.480. The van der Waals surface area contributed by atoms with Gasteiger partial charge in [-0.1, -0.05) is 24.3 Å². The summed E-state index contributed by atoms with van der Waals surface area (Å²) in [7, 11) is 0. The second kappa shape index (κ2) is 10.4. The molecule has 1 aliphatic rings. The van der Waals surface area contributed by atoms with Crippen molar-refractivity contribution in [1.82, 2.24) is 0 Å². The highest BCUT2D eigenvalue weighted by molar-refractivity contribution is 5.83. The summed E-state index contributed by atoms with van der Waals surface area (Å²) in [6, 6.07) is 5.17. The van der Waals surface area contributed by atoms with E-state index in [-0.39, 0.29) is 17.1 Å². The van der Waals surface area contributed by atoms with Crippen molar-refractivity contribution >= 4 is 10.8 Å². The standard InChI is InChI=1S/C25H31FO3/c1-3-5-6-7-8-9-10-18-11-13-19(14-12-18)22-17-20-15-16-21(28-4-2)24(26)23(20)25(27)29-22/h3,7-8,15-19H,1,4-6,9-14H2,2H3/b8-7+. The van der Waals surface area contributed by atoms with E-state index in [2.05, 4.69) is 18.7 Å². The van der Waals surface area contributed by atoms with Crippen molar-refractivity contribution in [3.63, 3.8) is 0 Å². The molecule has 0 N–H and O–H groups in total. The van der Waals surface area contributed by atoms with Gasteiger partial charge in [0.2, 0.25) is 0 Å². The first-order valence-corrected chi connectivity index (χ1v) is 10.8. The van der Waals surface area contributed by atoms with Crippen molar-refractivity contribution in [2.24, 2.45) is 5.92 Å². The fourth-order valence-electron chi connectivity index (χ4n) is 4.23. The van der Waals surface area contributed by atoms with Crippen LogP contribution in [-0.2, 0) is 0 Å². The lowest BCUT2D eigenvalue weighted by Crippen LogP contribution is -2.15. The fourth-order valence-corrected chi connectivity index (χ4v) is 4.23. The molecule has 2 aromatic rings. The number of rotatable bonds is 9. The molecule has 1 aromatic carbocycles. The molecule has 1 aromatic heterocycles. The minimum Gasteiger partial charge on any atom is -0.491 e. The molecule has 3 nitrogen and oxygen atoms in total. The molecule has 0 aliphatic heterocycles. The summed E-state index contributed by atoms with van der Waals surface area (Å²) in [6.45, 7) is 5.87. The Morgan fingerprint density at radius 3 is 2.66 bits per heavy atom. The highest BCUT2D eigenvalue weighted by atomic mass is 19.1. The molecule has 0 amide bonds. The highest BCUT2D eigenvalue weighted by Crippen LogP contribution is 2.38. The van der Waals surface area contributed by atoms with Crippen LogP contribution < -0.4 is 10.4 Å². The van der Waals surface area contributed by atoms with E-state index in [1.54, 1.807) is 19.1 Å². The van der Waals surface area contributed by atoms with E-state index in [0.717, 1.165) is 50.9 Å². The zero-order chi connectivity index (χ0) is 20.6. The van der Waals surface area contributed by atoms with Crippen molar-refractivity contribution in [3.05, 3.63) is 65.0 Å². The van der Waals surface area contributed by atoms with E-state index in [4.69, 9.17) is 9.15 Å². The van der Waals surface area contributed by atoms with Gasteiger partial charge >= 0.3 is 5.63 Å². The van der Waals surface area contributed by atoms with Gasteiger partial charge in [-0.25, -0.2) is 9.18 Å². The Hall–Kier alpha value is -2.36. The van der Waals surface area contributed by atoms with E-state index in [0.29, 0.717) is 17.8 Å². The lowest BCUT2D eigenvalue weighted by Gasteiger charge is -2.27. The minimum atomic E-state index is -0.630. The first kappa shape index (κ1) is 21.4. The molecule has 3 rings (SSSR count). The van der Waals surface area contributed by atoms with Crippen LogP contribution in [0.5, 0.6) is 5.75 Å². The van der Waals surface area contributed by atoms with Crippen molar-refractivity contribution in [1.29, 1.82) is 0 Å². The number of hydrogen-bond acceptors (Lipinski definition) is 3. The van der Waals surface area contributed by atoms with Crippen LogP contribution in [0.4, 0.5) is 4.39 Å². The van der Waals surface area contributed by atoms with E-state index < -0.39 is 11.4 Å². The number of ether oxygens (including phenoxy) is 1. The Morgan fingerprint density at radius 2 is 1.93 bits per heavy atom. The predicted molar refractivity (Wildman–Crippen MR) is 116 cm³/mol. The summed E-state index contributed by atoms with van der Waals surface area (Å²) in [5, 5.41) is 0.570. The maximum Gasteiger partial charge on any atom is 0.346 e. The number of unbranched alkanes of at least 4 members (excludes halogenated alkanes) is 1. The molecular weight excluding hydrogens is 367 g/mol. The number of hydrogen-bond donors (Lipinski definition) is 0. The SMILES string of the molecule is C=CCC/C=C/CCC1CCC(c2cc3ccc(OCC)c(F)c3c(=O)o2)CC1. The molecule has 0 radical (unpaired) electrons. The number of halogens is 1. The summed E-state index contributed by atoms with van der Waals surface area (Å²) in [6.07, 6.45) is 15.2.